The third-order valence-electron chi connectivity index (χ3n) is 2.54. The zero-order chi connectivity index (χ0) is 10.1. The Morgan fingerprint density at radius 1 is 1.14 bits per heavy atom. The fourth-order valence-corrected chi connectivity index (χ4v) is 1.66. The van der Waals surface area contributed by atoms with E-state index in [0.29, 0.717) is 0 Å². The summed E-state index contributed by atoms with van der Waals surface area (Å²) in [5.74, 6) is 0. The van der Waals surface area contributed by atoms with Crippen LogP contribution in [0.1, 0.15) is 44.9 Å². The van der Waals surface area contributed by atoms with Crippen molar-refractivity contribution in [2.45, 2.75) is 57.6 Å². The Bertz CT molecular complexity index is 124. The third kappa shape index (κ3) is 5.66. The molecule has 0 aliphatic carbocycles. The van der Waals surface area contributed by atoms with Crippen molar-refractivity contribution in [1.29, 1.82) is 0 Å². The van der Waals surface area contributed by atoms with E-state index >= 15 is 0 Å². The Hall–Kier alpha value is -0.0151. The molecule has 0 aromatic rings. The molecule has 0 amide bonds. The van der Waals surface area contributed by atoms with Gasteiger partial charge in [0.15, 0.2) is 6.29 Å². The normalized spacial score (nSPS) is 22.4. The van der Waals surface area contributed by atoms with Gasteiger partial charge in [0, 0.05) is 13.2 Å². The first-order valence-electron chi connectivity index (χ1n) is 5.87. The Morgan fingerprint density at radius 3 is 2.71 bits per heavy atom. The second-order valence-electron chi connectivity index (χ2n) is 3.87. The van der Waals surface area contributed by atoms with E-state index in [4.69, 9.17) is 17.3 Å². The highest BCUT2D eigenvalue weighted by Gasteiger charge is 2.12. The molecule has 80 valence electrons. The van der Waals surface area contributed by atoms with Crippen LogP contribution in [-0.4, -0.2) is 27.4 Å². The predicted octanol–water partition coefficient (Wildman–Crippen LogP) is 2.68. The molecule has 0 N–H and O–H groups in total. The van der Waals surface area contributed by atoms with E-state index < -0.39 is 0 Å². The van der Waals surface area contributed by atoms with Gasteiger partial charge < -0.3 is 9.47 Å². The van der Waals surface area contributed by atoms with Crippen LogP contribution in [-0.2, 0) is 9.47 Å². The zero-order valence-electron chi connectivity index (χ0n) is 9.04. The maximum Gasteiger partial charge on any atom is 0.157 e. The SMILES string of the molecule is [B]CCCCCCOC1CCCCO1. The van der Waals surface area contributed by atoms with Crippen molar-refractivity contribution in [3.63, 3.8) is 0 Å². The third-order valence-corrected chi connectivity index (χ3v) is 2.54. The van der Waals surface area contributed by atoms with Gasteiger partial charge in [-0.2, -0.15) is 0 Å². The number of rotatable bonds is 7. The van der Waals surface area contributed by atoms with Crippen molar-refractivity contribution in [3.8, 4) is 0 Å². The van der Waals surface area contributed by atoms with Crippen molar-refractivity contribution >= 4 is 7.85 Å². The molecule has 0 bridgehead atoms. The summed E-state index contributed by atoms with van der Waals surface area (Å²) in [6.07, 6.45) is 9.14. The van der Waals surface area contributed by atoms with E-state index in [2.05, 4.69) is 0 Å². The highest BCUT2D eigenvalue weighted by atomic mass is 16.7. The summed E-state index contributed by atoms with van der Waals surface area (Å²) in [5, 5.41) is 0. The van der Waals surface area contributed by atoms with Gasteiger partial charge in [0.1, 0.15) is 0 Å². The minimum atomic E-state index is 0.0817. The molecule has 3 heteroatoms. The van der Waals surface area contributed by atoms with Gasteiger partial charge in [-0.05, 0) is 25.7 Å². The van der Waals surface area contributed by atoms with Crippen molar-refractivity contribution in [2.75, 3.05) is 13.2 Å². The van der Waals surface area contributed by atoms with E-state index in [1.165, 1.54) is 25.7 Å². The van der Waals surface area contributed by atoms with Gasteiger partial charge in [0.25, 0.3) is 0 Å². The number of unbranched alkanes of at least 4 members (excludes halogenated alkanes) is 3. The molecule has 1 aliphatic heterocycles. The van der Waals surface area contributed by atoms with Crippen molar-refractivity contribution in [3.05, 3.63) is 0 Å². The second-order valence-corrected chi connectivity index (χ2v) is 3.87. The Labute approximate surface area is 88.8 Å². The number of hydrogen-bond acceptors (Lipinski definition) is 2. The van der Waals surface area contributed by atoms with Gasteiger partial charge in [0.05, 0.1) is 7.85 Å². The minimum absolute atomic E-state index is 0.0817. The number of ether oxygens (including phenoxy) is 2. The minimum Gasteiger partial charge on any atom is -0.353 e. The van der Waals surface area contributed by atoms with Crippen LogP contribution in [0, 0.1) is 0 Å². The summed E-state index contributed by atoms with van der Waals surface area (Å²) in [4.78, 5) is 0. The topological polar surface area (TPSA) is 18.5 Å². The van der Waals surface area contributed by atoms with E-state index in [1.807, 2.05) is 0 Å². The van der Waals surface area contributed by atoms with Gasteiger partial charge in [-0.1, -0.05) is 25.6 Å². The van der Waals surface area contributed by atoms with Crippen LogP contribution in [0.3, 0.4) is 0 Å². The Kier molecular flexibility index (Phi) is 7.15. The molecular weight excluding hydrogens is 175 g/mol. The molecule has 1 heterocycles. The first-order valence-corrected chi connectivity index (χ1v) is 5.87. The zero-order valence-corrected chi connectivity index (χ0v) is 9.04. The first kappa shape index (κ1) is 12.1. The molecule has 0 aromatic heterocycles. The molecule has 1 atom stereocenters. The van der Waals surface area contributed by atoms with Gasteiger partial charge in [-0.3, -0.25) is 0 Å². The molecule has 1 saturated heterocycles. The second kappa shape index (κ2) is 8.31. The molecular formula is C11H21BO2. The van der Waals surface area contributed by atoms with Gasteiger partial charge in [-0.15, -0.1) is 0 Å². The molecule has 14 heavy (non-hydrogen) atoms. The van der Waals surface area contributed by atoms with E-state index in [1.54, 1.807) is 0 Å². The van der Waals surface area contributed by atoms with Crippen molar-refractivity contribution in [1.82, 2.24) is 0 Å². The van der Waals surface area contributed by atoms with Crippen LogP contribution >= 0.6 is 0 Å². The smallest absolute Gasteiger partial charge is 0.157 e. The van der Waals surface area contributed by atoms with Gasteiger partial charge in [-0.25, -0.2) is 0 Å². The summed E-state index contributed by atoms with van der Waals surface area (Å²) >= 11 is 0. The lowest BCUT2D eigenvalue weighted by molar-refractivity contribution is -0.162. The molecule has 1 fully saturated rings. The van der Waals surface area contributed by atoms with Crippen molar-refractivity contribution < 1.29 is 9.47 Å². The lowest BCUT2D eigenvalue weighted by Gasteiger charge is -2.22. The van der Waals surface area contributed by atoms with E-state index in [0.717, 1.165) is 38.8 Å². The van der Waals surface area contributed by atoms with Crippen LogP contribution in [0.15, 0.2) is 0 Å². The lowest BCUT2D eigenvalue weighted by atomic mass is 9.99. The molecule has 1 aliphatic rings. The summed E-state index contributed by atoms with van der Waals surface area (Å²) in [6.45, 7) is 1.72. The monoisotopic (exact) mass is 196 g/mol. The summed E-state index contributed by atoms with van der Waals surface area (Å²) < 4.78 is 11.1. The van der Waals surface area contributed by atoms with Gasteiger partial charge >= 0.3 is 0 Å². The molecule has 1 rings (SSSR count). The van der Waals surface area contributed by atoms with Crippen LogP contribution in [0.25, 0.3) is 0 Å². The highest BCUT2D eigenvalue weighted by Crippen LogP contribution is 2.14. The summed E-state index contributed by atoms with van der Waals surface area (Å²) in [7, 11) is 5.41. The van der Waals surface area contributed by atoms with Gasteiger partial charge in [0.2, 0.25) is 0 Å². The molecule has 2 nitrogen and oxygen atoms in total. The van der Waals surface area contributed by atoms with E-state index in [-0.39, 0.29) is 6.29 Å². The summed E-state index contributed by atoms with van der Waals surface area (Å²) in [6, 6.07) is 0. The average molecular weight is 196 g/mol. The van der Waals surface area contributed by atoms with Crippen molar-refractivity contribution in [2.24, 2.45) is 0 Å². The van der Waals surface area contributed by atoms with Crippen LogP contribution in [0.2, 0.25) is 6.32 Å². The summed E-state index contributed by atoms with van der Waals surface area (Å²) in [5.41, 5.74) is 0. The quantitative estimate of drug-likeness (QED) is 0.460. The maximum atomic E-state index is 5.61. The average Bonchev–Trinajstić information content (AvgIpc) is 2.25. The fourth-order valence-electron chi connectivity index (χ4n) is 1.66. The number of hydrogen-bond donors (Lipinski definition) is 0. The Morgan fingerprint density at radius 2 is 2.00 bits per heavy atom. The molecule has 2 radical (unpaired) electrons. The van der Waals surface area contributed by atoms with Crippen LogP contribution in [0.5, 0.6) is 0 Å². The largest absolute Gasteiger partial charge is 0.353 e. The van der Waals surface area contributed by atoms with Crippen LogP contribution < -0.4 is 0 Å². The predicted molar refractivity (Wildman–Crippen MR) is 58.6 cm³/mol. The standard InChI is InChI=1S/C11H21BO2/c12-8-4-1-2-5-9-13-11-7-3-6-10-14-11/h11H,1-10H2. The highest BCUT2D eigenvalue weighted by molar-refractivity contribution is 6.08. The molecule has 0 aromatic carbocycles. The lowest BCUT2D eigenvalue weighted by Crippen LogP contribution is -2.22. The molecule has 1 unspecified atom stereocenters. The Balaban J connectivity index is 1.82. The fraction of sp³-hybridized carbons (Fsp3) is 1.00. The molecule has 0 saturated carbocycles. The maximum absolute atomic E-state index is 5.61. The first-order chi connectivity index (χ1) is 6.93. The van der Waals surface area contributed by atoms with E-state index in [9.17, 15) is 0 Å². The molecule has 0 spiro atoms. The van der Waals surface area contributed by atoms with Crippen LogP contribution in [0.4, 0.5) is 0 Å².